The maximum Gasteiger partial charge on any atom is 0.282 e. The van der Waals surface area contributed by atoms with Crippen molar-refractivity contribution in [3.05, 3.63) is 63.7 Å². The zero-order valence-corrected chi connectivity index (χ0v) is 13.1. The summed E-state index contributed by atoms with van der Waals surface area (Å²) in [5.74, 6) is 0.456. The van der Waals surface area contributed by atoms with Crippen molar-refractivity contribution in [2.75, 3.05) is 14.2 Å². The van der Waals surface area contributed by atoms with E-state index in [2.05, 4.69) is 10.5 Å². The van der Waals surface area contributed by atoms with Crippen LogP contribution < -0.4 is 14.9 Å². The molecule has 0 aliphatic heterocycles. The van der Waals surface area contributed by atoms with Crippen LogP contribution in [0.4, 0.5) is 5.69 Å². The predicted octanol–water partition coefficient (Wildman–Crippen LogP) is 2.38. The minimum Gasteiger partial charge on any atom is -0.497 e. The molecule has 0 atom stereocenters. The monoisotopic (exact) mass is 329 g/mol. The van der Waals surface area contributed by atoms with Gasteiger partial charge in [-0.3, -0.25) is 14.9 Å². The first-order valence-electron chi connectivity index (χ1n) is 6.85. The molecule has 0 radical (unpaired) electrons. The molecule has 0 spiro atoms. The third-order valence-corrected chi connectivity index (χ3v) is 3.16. The summed E-state index contributed by atoms with van der Waals surface area (Å²) in [4.78, 5) is 22.3. The van der Waals surface area contributed by atoms with Gasteiger partial charge in [-0.1, -0.05) is 12.1 Å². The molecule has 1 amide bonds. The van der Waals surface area contributed by atoms with Crippen molar-refractivity contribution < 1.29 is 19.2 Å². The summed E-state index contributed by atoms with van der Waals surface area (Å²) >= 11 is 0. The van der Waals surface area contributed by atoms with Gasteiger partial charge in [0, 0.05) is 17.7 Å². The maximum atomic E-state index is 12.0. The number of hydrogen-bond donors (Lipinski definition) is 1. The van der Waals surface area contributed by atoms with Crippen LogP contribution in [0.3, 0.4) is 0 Å². The van der Waals surface area contributed by atoms with E-state index in [0.717, 1.165) is 0 Å². The molecule has 124 valence electrons. The lowest BCUT2D eigenvalue weighted by molar-refractivity contribution is -0.385. The first-order chi connectivity index (χ1) is 11.6. The van der Waals surface area contributed by atoms with E-state index in [0.29, 0.717) is 17.1 Å². The van der Waals surface area contributed by atoms with Crippen LogP contribution in [-0.4, -0.2) is 31.3 Å². The van der Waals surface area contributed by atoms with Gasteiger partial charge >= 0.3 is 0 Å². The lowest BCUT2D eigenvalue weighted by Gasteiger charge is -2.07. The van der Waals surface area contributed by atoms with E-state index in [4.69, 9.17) is 9.47 Å². The highest BCUT2D eigenvalue weighted by atomic mass is 16.6. The number of para-hydroxylation sites is 1. The Morgan fingerprint density at radius 1 is 1.21 bits per heavy atom. The number of carbonyl (C=O) groups is 1. The molecule has 0 saturated carbocycles. The number of rotatable bonds is 6. The van der Waals surface area contributed by atoms with E-state index >= 15 is 0 Å². The van der Waals surface area contributed by atoms with Crippen LogP contribution in [0, 0.1) is 10.1 Å². The van der Waals surface area contributed by atoms with E-state index < -0.39 is 10.8 Å². The van der Waals surface area contributed by atoms with Gasteiger partial charge in [-0.05, 0) is 18.2 Å². The summed E-state index contributed by atoms with van der Waals surface area (Å²) < 4.78 is 10.3. The average Bonchev–Trinajstić information content (AvgIpc) is 2.61. The molecule has 24 heavy (non-hydrogen) atoms. The molecule has 2 aromatic carbocycles. The number of amides is 1. The second-order valence-corrected chi connectivity index (χ2v) is 4.58. The van der Waals surface area contributed by atoms with Crippen LogP contribution >= 0.6 is 0 Å². The first kappa shape index (κ1) is 16.9. The van der Waals surface area contributed by atoms with Crippen molar-refractivity contribution >= 4 is 17.8 Å². The molecule has 0 aliphatic rings. The Bertz CT molecular complexity index is 789. The Morgan fingerprint density at radius 3 is 2.62 bits per heavy atom. The van der Waals surface area contributed by atoms with Gasteiger partial charge in [0.15, 0.2) is 0 Å². The number of nitro benzene ring substituents is 1. The number of nitrogens with one attached hydrogen (secondary N) is 1. The zero-order chi connectivity index (χ0) is 17.5. The summed E-state index contributed by atoms with van der Waals surface area (Å²) in [5, 5.41) is 14.7. The smallest absolute Gasteiger partial charge is 0.282 e. The van der Waals surface area contributed by atoms with Gasteiger partial charge < -0.3 is 9.47 Å². The molecule has 2 rings (SSSR count). The van der Waals surface area contributed by atoms with E-state index in [-0.39, 0.29) is 11.3 Å². The fourth-order valence-corrected chi connectivity index (χ4v) is 1.97. The van der Waals surface area contributed by atoms with Crippen molar-refractivity contribution in [1.29, 1.82) is 0 Å². The molecular formula is C16H15N3O5. The zero-order valence-electron chi connectivity index (χ0n) is 13.1. The highest BCUT2D eigenvalue weighted by Crippen LogP contribution is 2.23. The van der Waals surface area contributed by atoms with Gasteiger partial charge in [0.25, 0.3) is 11.6 Å². The second-order valence-electron chi connectivity index (χ2n) is 4.58. The van der Waals surface area contributed by atoms with Crippen LogP contribution in [0.1, 0.15) is 15.9 Å². The number of ether oxygens (including phenoxy) is 2. The van der Waals surface area contributed by atoms with Crippen molar-refractivity contribution in [1.82, 2.24) is 5.43 Å². The van der Waals surface area contributed by atoms with Crippen LogP contribution in [0.2, 0.25) is 0 Å². The molecule has 8 heteroatoms. The quantitative estimate of drug-likeness (QED) is 0.498. The third kappa shape index (κ3) is 3.86. The predicted molar refractivity (Wildman–Crippen MR) is 87.7 cm³/mol. The van der Waals surface area contributed by atoms with Crippen LogP contribution in [-0.2, 0) is 0 Å². The fraction of sp³-hybridized carbons (Fsp3) is 0.125. The van der Waals surface area contributed by atoms with E-state index in [1.165, 1.54) is 44.7 Å². The number of hydrazone groups is 1. The minimum atomic E-state index is -0.675. The normalized spacial score (nSPS) is 10.4. The Hall–Kier alpha value is -3.42. The second kappa shape index (κ2) is 7.73. The highest BCUT2D eigenvalue weighted by Gasteiger charge is 2.18. The standard InChI is InChI=1S/C16H15N3O5/c1-23-12-8-7-11(15(9-12)24-2)10-17-18-16(20)13-5-3-4-6-14(13)19(21)22/h3-10H,1-2H3,(H,18,20)/b17-10-. The molecule has 2 aromatic rings. The van der Waals surface area contributed by atoms with Gasteiger partial charge in [0.2, 0.25) is 0 Å². The number of carbonyl (C=O) groups excluding carboxylic acids is 1. The van der Waals surface area contributed by atoms with E-state index in [9.17, 15) is 14.9 Å². The van der Waals surface area contributed by atoms with E-state index in [1.54, 1.807) is 18.2 Å². The molecular weight excluding hydrogens is 314 g/mol. The van der Waals surface area contributed by atoms with Crippen LogP contribution in [0.15, 0.2) is 47.6 Å². The Balaban J connectivity index is 2.15. The largest absolute Gasteiger partial charge is 0.497 e. The van der Waals surface area contributed by atoms with Crippen molar-refractivity contribution in [2.24, 2.45) is 5.10 Å². The molecule has 0 bridgehead atoms. The SMILES string of the molecule is COc1ccc(/C=N\NC(=O)c2ccccc2[N+](=O)[O-])c(OC)c1. The number of hydrogen-bond acceptors (Lipinski definition) is 6. The molecule has 0 saturated heterocycles. The van der Waals surface area contributed by atoms with Crippen LogP contribution in [0.5, 0.6) is 11.5 Å². The summed E-state index contributed by atoms with van der Waals surface area (Å²) in [5.41, 5.74) is 2.52. The number of methoxy groups -OCH3 is 2. The Morgan fingerprint density at radius 2 is 1.96 bits per heavy atom. The van der Waals surface area contributed by atoms with Gasteiger partial charge in [-0.2, -0.15) is 5.10 Å². The van der Waals surface area contributed by atoms with Crippen molar-refractivity contribution in [2.45, 2.75) is 0 Å². The molecule has 0 aromatic heterocycles. The highest BCUT2D eigenvalue weighted by molar-refractivity contribution is 5.98. The summed E-state index contributed by atoms with van der Waals surface area (Å²) in [6.45, 7) is 0. The Kier molecular flexibility index (Phi) is 5.45. The molecule has 0 fully saturated rings. The van der Waals surface area contributed by atoms with Gasteiger partial charge in [-0.25, -0.2) is 5.43 Å². The summed E-state index contributed by atoms with van der Waals surface area (Å²) in [6, 6.07) is 10.7. The molecule has 8 nitrogen and oxygen atoms in total. The minimum absolute atomic E-state index is 0.0682. The number of benzene rings is 2. The number of nitrogens with zero attached hydrogens (tertiary/aromatic N) is 2. The maximum absolute atomic E-state index is 12.0. The summed E-state index contributed by atoms with van der Waals surface area (Å²) in [6.07, 6.45) is 1.38. The lowest BCUT2D eigenvalue weighted by atomic mass is 10.2. The van der Waals surface area contributed by atoms with Gasteiger partial charge in [0.05, 0.1) is 25.4 Å². The average molecular weight is 329 g/mol. The van der Waals surface area contributed by atoms with Crippen molar-refractivity contribution in [3.8, 4) is 11.5 Å². The van der Waals surface area contributed by atoms with E-state index in [1.807, 2.05) is 0 Å². The molecule has 0 aliphatic carbocycles. The van der Waals surface area contributed by atoms with Gasteiger partial charge in [0.1, 0.15) is 17.1 Å². The summed E-state index contributed by atoms with van der Waals surface area (Å²) in [7, 11) is 3.04. The van der Waals surface area contributed by atoms with Gasteiger partial charge in [-0.15, -0.1) is 0 Å². The third-order valence-electron chi connectivity index (χ3n) is 3.16. The Labute approximate surface area is 137 Å². The molecule has 0 heterocycles. The molecule has 1 N–H and O–H groups in total. The van der Waals surface area contributed by atoms with Crippen LogP contribution in [0.25, 0.3) is 0 Å². The molecule has 0 unspecified atom stereocenters. The fourth-order valence-electron chi connectivity index (χ4n) is 1.97. The first-order valence-corrected chi connectivity index (χ1v) is 6.85. The number of nitro groups is 1. The topological polar surface area (TPSA) is 103 Å². The lowest BCUT2D eigenvalue weighted by Crippen LogP contribution is -2.19. The van der Waals surface area contributed by atoms with Crippen molar-refractivity contribution in [3.63, 3.8) is 0 Å².